The summed E-state index contributed by atoms with van der Waals surface area (Å²) in [7, 11) is 3.10. The molecule has 0 heterocycles. The van der Waals surface area contributed by atoms with Gasteiger partial charge in [0.15, 0.2) is 0 Å². The number of hydrogen-bond acceptors (Lipinski definition) is 3. The molecule has 22 heavy (non-hydrogen) atoms. The van der Waals surface area contributed by atoms with Crippen molar-refractivity contribution in [3.63, 3.8) is 0 Å². The Morgan fingerprint density at radius 2 is 1.68 bits per heavy atom. The lowest BCUT2D eigenvalue weighted by Crippen LogP contribution is -2.00. The lowest BCUT2D eigenvalue weighted by Gasteiger charge is -2.09. The van der Waals surface area contributed by atoms with Crippen molar-refractivity contribution in [1.29, 1.82) is 0 Å². The molecule has 0 aliphatic heterocycles. The number of carbonyl (C=O) groups is 1. The summed E-state index contributed by atoms with van der Waals surface area (Å²) < 4.78 is 10.0. The van der Waals surface area contributed by atoms with E-state index in [0.717, 1.165) is 24.0 Å². The van der Waals surface area contributed by atoms with E-state index in [2.05, 4.69) is 22.9 Å². The van der Waals surface area contributed by atoms with Crippen LogP contribution in [0.1, 0.15) is 37.7 Å². The third-order valence-electron chi connectivity index (χ3n) is 3.60. The molecule has 0 radical (unpaired) electrons. The van der Waals surface area contributed by atoms with Crippen molar-refractivity contribution < 1.29 is 14.3 Å². The number of benzene rings is 2. The zero-order valence-corrected chi connectivity index (χ0v) is 13.4. The predicted molar refractivity (Wildman–Crippen MR) is 89.3 cm³/mol. The largest absolute Gasteiger partial charge is 0.496 e. The van der Waals surface area contributed by atoms with E-state index < -0.39 is 0 Å². The Balaban J connectivity index is 0.000000523. The van der Waals surface area contributed by atoms with Crippen molar-refractivity contribution in [2.24, 2.45) is 0 Å². The fraction of sp³-hybridized carbons (Fsp3) is 0.421. The van der Waals surface area contributed by atoms with Gasteiger partial charge in [-0.05, 0) is 29.9 Å². The molecular formula is C19H24O3. The van der Waals surface area contributed by atoms with E-state index >= 15 is 0 Å². The Morgan fingerprint density at radius 1 is 1.00 bits per heavy atom. The van der Waals surface area contributed by atoms with E-state index in [1.165, 1.54) is 37.3 Å². The molecule has 3 nitrogen and oxygen atoms in total. The van der Waals surface area contributed by atoms with Crippen LogP contribution in [-0.4, -0.2) is 20.2 Å². The minimum Gasteiger partial charge on any atom is -0.496 e. The van der Waals surface area contributed by atoms with Gasteiger partial charge in [0.1, 0.15) is 5.75 Å². The van der Waals surface area contributed by atoms with Crippen molar-refractivity contribution in [2.45, 2.75) is 38.5 Å². The molecule has 2 aromatic carbocycles. The van der Waals surface area contributed by atoms with Crippen LogP contribution in [0.4, 0.5) is 0 Å². The predicted octanol–water partition coefficient (Wildman–Crippen LogP) is 4.51. The average molecular weight is 300 g/mol. The third kappa shape index (κ3) is 4.76. The van der Waals surface area contributed by atoms with Crippen LogP contribution in [-0.2, 0) is 16.0 Å². The first-order chi connectivity index (χ1) is 10.8. The standard InChI is InChI=1S/C16H18O3.C3H6/c1-18-15-10-5-8-13-12(6-3-9-14(13)15)7-4-11-16(17)19-2;1-2-3-1/h3,5-6,8-10H,4,7,11H2,1-2H3;1-3H2. The van der Waals surface area contributed by atoms with Crippen LogP contribution in [0.3, 0.4) is 0 Å². The number of hydrogen-bond donors (Lipinski definition) is 0. The summed E-state index contributed by atoms with van der Waals surface area (Å²) in [6.45, 7) is 0. The molecule has 1 fully saturated rings. The summed E-state index contributed by atoms with van der Waals surface area (Å²) in [4.78, 5) is 11.1. The first-order valence-electron chi connectivity index (χ1n) is 7.87. The molecule has 1 aliphatic rings. The SMILES string of the molecule is C1CC1.COC(=O)CCCc1cccc2c(OC)cccc12. The van der Waals surface area contributed by atoms with Gasteiger partial charge in [0.25, 0.3) is 0 Å². The van der Waals surface area contributed by atoms with Gasteiger partial charge in [0.05, 0.1) is 14.2 Å². The first kappa shape index (κ1) is 16.3. The number of aryl methyl sites for hydroxylation is 1. The van der Waals surface area contributed by atoms with Gasteiger partial charge in [-0.2, -0.15) is 0 Å². The van der Waals surface area contributed by atoms with E-state index in [-0.39, 0.29) is 5.97 Å². The summed E-state index contributed by atoms with van der Waals surface area (Å²) in [5.74, 6) is 0.727. The van der Waals surface area contributed by atoms with Crippen molar-refractivity contribution in [1.82, 2.24) is 0 Å². The molecule has 0 aromatic heterocycles. The number of methoxy groups -OCH3 is 2. The van der Waals surface area contributed by atoms with E-state index in [1.54, 1.807) is 7.11 Å². The second-order valence-corrected chi connectivity index (χ2v) is 5.46. The molecule has 1 aliphatic carbocycles. The van der Waals surface area contributed by atoms with Crippen LogP contribution in [0, 0.1) is 0 Å². The van der Waals surface area contributed by atoms with Crippen LogP contribution >= 0.6 is 0 Å². The lowest BCUT2D eigenvalue weighted by atomic mass is 9.99. The first-order valence-corrected chi connectivity index (χ1v) is 7.87. The smallest absolute Gasteiger partial charge is 0.305 e. The van der Waals surface area contributed by atoms with Crippen molar-refractivity contribution >= 4 is 16.7 Å². The van der Waals surface area contributed by atoms with Crippen molar-refractivity contribution in [2.75, 3.05) is 14.2 Å². The number of ether oxygens (including phenoxy) is 2. The molecule has 3 heteroatoms. The Hall–Kier alpha value is -2.03. The molecule has 0 spiro atoms. The van der Waals surface area contributed by atoms with Gasteiger partial charge in [-0.25, -0.2) is 0 Å². The summed E-state index contributed by atoms with van der Waals surface area (Å²) in [6, 6.07) is 12.2. The van der Waals surface area contributed by atoms with E-state index in [4.69, 9.17) is 4.74 Å². The van der Waals surface area contributed by atoms with E-state index in [0.29, 0.717) is 6.42 Å². The van der Waals surface area contributed by atoms with Crippen LogP contribution in [0.5, 0.6) is 5.75 Å². The van der Waals surface area contributed by atoms with Gasteiger partial charge < -0.3 is 9.47 Å². The molecule has 0 saturated heterocycles. The topological polar surface area (TPSA) is 35.5 Å². The molecule has 0 bridgehead atoms. The molecular weight excluding hydrogens is 276 g/mol. The highest BCUT2D eigenvalue weighted by atomic mass is 16.5. The molecule has 0 unspecified atom stereocenters. The van der Waals surface area contributed by atoms with Crippen molar-refractivity contribution in [3.8, 4) is 5.75 Å². The number of rotatable bonds is 5. The fourth-order valence-electron chi connectivity index (χ4n) is 2.27. The average Bonchev–Trinajstić information content (AvgIpc) is 3.43. The molecule has 3 rings (SSSR count). The van der Waals surface area contributed by atoms with E-state index in [9.17, 15) is 4.79 Å². The molecule has 0 N–H and O–H groups in total. The zero-order chi connectivity index (χ0) is 15.8. The van der Waals surface area contributed by atoms with Crippen LogP contribution < -0.4 is 4.74 Å². The highest BCUT2D eigenvalue weighted by Gasteiger charge is 2.06. The fourth-order valence-corrected chi connectivity index (χ4v) is 2.27. The van der Waals surface area contributed by atoms with Crippen molar-refractivity contribution in [3.05, 3.63) is 42.0 Å². The Labute approximate surface area is 132 Å². The van der Waals surface area contributed by atoms with E-state index in [1.807, 2.05) is 18.2 Å². The number of carbonyl (C=O) groups excluding carboxylic acids is 1. The Bertz CT molecular complexity index is 614. The van der Waals surface area contributed by atoms with Gasteiger partial charge in [-0.1, -0.05) is 49.6 Å². The molecule has 1 saturated carbocycles. The molecule has 0 amide bonds. The molecule has 118 valence electrons. The summed E-state index contributed by atoms with van der Waals surface area (Å²) in [5, 5.41) is 2.30. The highest BCUT2D eigenvalue weighted by Crippen LogP contribution is 2.28. The second kappa shape index (κ2) is 8.42. The summed E-state index contributed by atoms with van der Waals surface area (Å²) >= 11 is 0. The van der Waals surface area contributed by atoms with Crippen LogP contribution in [0.2, 0.25) is 0 Å². The normalized spacial score (nSPS) is 12.3. The number of esters is 1. The van der Waals surface area contributed by atoms with Gasteiger partial charge in [0.2, 0.25) is 0 Å². The van der Waals surface area contributed by atoms with Gasteiger partial charge >= 0.3 is 5.97 Å². The lowest BCUT2D eigenvalue weighted by molar-refractivity contribution is -0.140. The maximum Gasteiger partial charge on any atom is 0.305 e. The number of fused-ring (bicyclic) bond motifs is 1. The van der Waals surface area contributed by atoms with Gasteiger partial charge in [0, 0.05) is 11.8 Å². The Kier molecular flexibility index (Phi) is 6.26. The Morgan fingerprint density at radius 3 is 2.32 bits per heavy atom. The maximum absolute atomic E-state index is 11.1. The third-order valence-corrected chi connectivity index (χ3v) is 3.60. The molecule has 0 atom stereocenters. The molecule has 2 aromatic rings. The van der Waals surface area contributed by atoms with Crippen LogP contribution in [0.15, 0.2) is 36.4 Å². The minimum absolute atomic E-state index is 0.155. The van der Waals surface area contributed by atoms with Gasteiger partial charge in [-0.3, -0.25) is 4.79 Å². The minimum atomic E-state index is -0.155. The second-order valence-electron chi connectivity index (χ2n) is 5.46. The monoisotopic (exact) mass is 300 g/mol. The maximum atomic E-state index is 11.1. The van der Waals surface area contributed by atoms with Gasteiger partial charge in [-0.15, -0.1) is 0 Å². The zero-order valence-electron chi connectivity index (χ0n) is 13.4. The van der Waals surface area contributed by atoms with Crippen LogP contribution in [0.25, 0.3) is 10.8 Å². The summed E-state index contributed by atoms with van der Waals surface area (Å²) in [5.41, 5.74) is 1.24. The summed E-state index contributed by atoms with van der Waals surface area (Å²) in [6.07, 6.45) is 6.61. The highest BCUT2D eigenvalue weighted by molar-refractivity contribution is 5.91. The quantitative estimate of drug-likeness (QED) is 0.762.